The molecule has 0 aromatic carbocycles. The van der Waals surface area contributed by atoms with Crippen molar-refractivity contribution in [3.63, 3.8) is 0 Å². The number of nitrogen functional groups attached to an aromatic ring is 1. The zero-order chi connectivity index (χ0) is 12.0. The van der Waals surface area contributed by atoms with Crippen molar-refractivity contribution in [2.45, 2.75) is 13.3 Å². The predicted octanol–water partition coefficient (Wildman–Crippen LogP) is 0.626. The van der Waals surface area contributed by atoms with Gasteiger partial charge >= 0.3 is 0 Å². The smallest absolute Gasteiger partial charge is 0.239 e. The number of amides is 1. The van der Waals surface area contributed by atoms with Crippen LogP contribution in [0.15, 0.2) is 18.5 Å². The Morgan fingerprint density at radius 1 is 1.62 bits per heavy atom. The Hall–Kier alpha value is -1.78. The van der Waals surface area contributed by atoms with E-state index in [0.29, 0.717) is 12.2 Å². The number of nitrogens with two attached hydrogens (primary N) is 1. The molecule has 0 saturated heterocycles. The summed E-state index contributed by atoms with van der Waals surface area (Å²) >= 11 is 0. The summed E-state index contributed by atoms with van der Waals surface area (Å²) in [6, 6.07) is 1.83. The molecule has 0 unspecified atom stereocenters. The third kappa shape index (κ3) is 3.12. The van der Waals surface area contributed by atoms with E-state index in [0.717, 1.165) is 18.7 Å². The van der Waals surface area contributed by atoms with Crippen molar-refractivity contribution >= 4 is 17.3 Å². The van der Waals surface area contributed by atoms with Gasteiger partial charge in [-0.1, -0.05) is 6.92 Å². The Morgan fingerprint density at radius 2 is 2.38 bits per heavy atom. The minimum Gasteiger partial charge on any atom is -0.396 e. The summed E-state index contributed by atoms with van der Waals surface area (Å²) in [5, 5.41) is 2.61. The molecule has 0 bridgehead atoms. The van der Waals surface area contributed by atoms with E-state index >= 15 is 0 Å². The maximum atomic E-state index is 11.4. The minimum atomic E-state index is -0.0235. The maximum Gasteiger partial charge on any atom is 0.239 e. The number of nitrogens with one attached hydrogen (secondary N) is 1. The number of pyridine rings is 1. The van der Waals surface area contributed by atoms with Gasteiger partial charge in [0.2, 0.25) is 5.91 Å². The lowest BCUT2D eigenvalue weighted by molar-refractivity contribution is -0.119. The molecule has 16 heavy (non-hydrogen) atoms. The Balaban J connectivity index is 2.85. The topological polar surface area (TPSA) is 71.2 Å². The maximum absolute atomic E-state index is 11.4. The summed E-state index contributed by atoms with van der Waals surface area (Å²) in [6.45, 7) is 3.18. The van der Waals surface area contributed by atoms with E-state index in [1.54, 1.807) is 19.4 Å². The molecule has 0 fully saturated rings. The van der Waals surface area contributed by atoms with Gasteiger partial charge in [0, 0.05) is 19.8 Å². The number of carbonyl (C=O) groups is 1. The first-order valence-electron chi connectivity index (χ1n) is 5.34. The van der Waals surface area contributed by atoms with Crippen LogP contribution in [0.1, 0.15) is 13.3 Å². The highest BCUT2D eigenvalue weighted by molar-refractivity contribution is 5.82. The average Bonchev–Trinajstić information content (AvgIpc) is 2.29. The number of anilines is 2. The summed E-state index contributed by atoms with van der Waals surface area (Å²) in [6.07, 6.45) is 4.23. The first-order valence-corrected chi connectivity index (χ1v) is 5.34. The molecule has 0 aliphatic carbocycles. The SMILES string of the molecule is CCCN(CC(=O)NC)c1ccncc1N. The molecule has 0 aliphatic heterocycles. The second kappa shape index (κ2) is 5.95. The van der Waals surface area contributed by atoms with Crippen LogP contribution in [0.5, 0.6) is 0 Å². The Kier molecular flexibility index (Phi) is 4.57. The predicted molar refractivity (Wildman–Crippen MR) is 65.2 cm³/mol. The van der Waals surface area contributed by atoms with Gasteiger partial charge in [0.1, 0.15) is 0 Å². The highest BCUT2D eigenvalue weighted by Crippen LogP contribution is 2.21. The van der Waals surface area contributed by atoms with Gasteiger partial charge in [0.15, 0.2) is 0 Å². The lowest BCUT2D eigenvalue weighted by Crippen LogP contribution is -2.36. The Morgan fingerprint density at radius 3 is 2.94 bits per heavy atom. The van der Waals surface area contributed by atoms with Crippen LogP contribution in [0, 0.1) is 0 Å². The van der Waals surface area contributed by atoms with Gasteiger partial charge in [-0.2, -0.15) is 0 Å². The van der Waals surface area contributed by atoms with Gasteiger partial charge in [0.25, 0.3) is 0 Å². The quantitative estimate of drug-likeness (QED) is 0.766. The van der Waals surface area contributed by atoms with Gasteiger partial charge in [-0.05, 0) is 12.5 Å². The van der Waals surface area contributed by atoms with E-state index in [4.69, 9.17) is 5.73 Å². The fourth-order valence-electron chi connectivity index (χ4n) is 1.49. The first kappa shape index (κ1) is 12.3. The van der Waals surface area contributed by atoms with Crippen LogP contribution in [0.4, 0.5) is 11.4 Å². The zero-order valence-electron chi connectivity index (χ0n) is 9.73. The van der Waals surface area contributed by atoms with Crippen molar-refractivity contribution in [3.05, 3.63) is 18.5 Å². The molecule has 1 rings (SSSR count). The zero-order valence-corrected chi connectivity index (χ0v) is 9.73. The third-order valence-electron chi connectivity index (χ3n) is 2.28. The molecule has 0 atom stereocenters. The summed E-state index contributed by atoms with van der Waals surface area (Å²) in [4.78, 5) is 17.3. The number of aromatic nitrogens is 1. The molecule has 0 aliphatic rings. The minimum absolute atomic E-state index is 0.0235. The van der Waals surface area contributed by atoms with E-state index in [-0.39, 0.29) is 5.91 Å². The summed E-state index contributed by atoms with van der Waals surface area (Å²) < 4.78 is 0. The van der Waals surface area contributed by atoms with E-state index in [9.17, 15) is 4.79 Å². The molecule has 0 saturated carbocycles. The molecule has 3 N–H and O–H groups in total. The molecular weight excluding hydrogens is 204 g/mol. The van der Waals surface area contributed by atoms with Crippen molar-refractivity contribution in [2.24, 2.45) is 0 Å². The Labute approximate surface area is 95.7 Å². The van der Waals surface area contributed by atoms with Gasteiger partial charge in [-0.25, -0.2) is 0 Å². The summed E-state index contributed by atoms with van der Waals surface area (Å²) in [5.74, 6) is -0.0235. The second-order valence-corrected chi connectivity index (χ2v) is 3.53. The van der Waals surface area contributed by atoms with Crippen molar-refractivity contribution in [1.82, 2.24) is 10.3 Å². The van der Waals surface area contributed by atoms with E-state index in [1.807, 2.05) is 11.0 Å². The normalized spacial score (nSPS) is 9.88. The van der Waals surface area contributed by atoms with Crippen molar-refractivity contribution in [2.75, 3.05) is 30.8 Å². The van der Waals surface area contributed by atoms with Crippen LogP contribution in [0.25, 0.3) is 0 Å². The fraction of sp³-hybridized carbons (Fsp3) is 0.455. The number of hydrogen-bond acceptors (Lipinski definition) is 4. The molecule has 1 aromatic heterocycles. The van der Waals surface area contributed by atoms with Crippen molar-refractivity contribution in [3.8, 4) is 0 Å². The number of rotatable bonds is 5. The van der Waals surface area contributed by atoms with Gasteiger partial charge in [-0.3, -0.25) is 9.78 Å². The van der Waals surface area contributed by atoms with E-state index in [1.165, 1.54) is 0 Å². The molecule has 1 aromatic rings. The third-order valence-corrected chi connectivity index (χ3v) is 2.28. The van der Waals surface area contributed by atoms with Gasteiger partial charge in [0.05, 0.1) is 24.1 Å². The molecule has 5 heteroatoms. The number of hydrogen-bond donors (Lipinski definition) is 2. The average molecular weight is 222 g/mol. The van der Waals surface area contributed by atoms with Crippen LogP contribution in [0.3, 0.4) is 0 Å². The summed E-state index contributed by atoms with van der Waals surface area (Å²) in [7, 11) is 1.63. The summed E-state index contributed by atoms with van der Waals surface area (Å²) in [5.41, 5.74) is 7.29. The second-order valence-electron chi connectivity index (χ2n) is 3.53. The highest BCUT2D eigenvalue weighted by atomic mass is 16.1. The number of nitrogens with zero attached hydrogens (tertiary/aromatic N) is 2. The first-order chi connectivity index (χ1) is 7.69. The lowest BCUT2D eigenvalue weighted by Gasteiger charge is -2.24. The Bertz CT molecular complexity index is 354. The standard InChI is InChI=1S/C11H18N4O/c1-3-6-15(8-11(16)13-2)10-4-5-14-7-9(10)12/h4-5,7H,3,6,8,12H2,1-2H3,(H,13,16). The molecular formula is C11H18N4O. The van der Waals surface area contributed by atoms with E-state index in [2.05, 4.69) is 17.2 Å². The van der Waals surface area contributed by atoms with Crippen LogP contribution >= 0.6 is 0 Å². The van der Waals surface area contributed by atoms with Crippen molar-refractivity contribution < 1.29 is 4.79 Å². The molecule has 5 nitrogen and oxygen atoms in total. The number of likely N-dealkylation sites (N-methyl/N-ethyl adjacent to an activating group) is 1. The van der Waals surface area contributed by atoms with Crippen LogP contribution < -0.4 is 16.0 Å². The molecule has 1 heterocycles. The monoisotopic (exact) mass is 222 g/mol. The number of carbonyl (C=O) groups excluding carboxylic acids is 1. The molecule has 88 valence electrons. The van der Waals surface area contributed by atoms with Gasteiger partial charge < -0.3 is 16.0 Å². The van der Waals surface area contributed by atoms with E-state index < -0.39 is 0 Å². The van der Waals surface area contributed by atoms with Crippen LogP contribution in [0.2, 0.25) is 0 Å². The molecule has 0 radical (unpaired) electrons. The van der Waals surface area contributed by atoms with Gasteiger partial charge in [-0.15, -0.1) is 0 Å². The fourth-order valence-corrected chi connectivity index (χ4v) is 1.49. The molecule has 0 spiro atoms. The van der Waals surface area contributed by atoms with Crippen LogP contribution in [-0.2, 0) is 4.79 Å². The van der Waals surface area contributed by atoms with Crippen molar-refractivity contribution in [1.29, 1.82) is 0 Å². The highest BCUT2D eigenvalue weighted by Gasteiger charge is 2.11. The largest absolute Gasteiger partial charge is 0.396 e. The molecule has 1 amide bonds. The lowest BCUT2D eigenvalue weighted by atomic mass is 10.3. The van der Waals surface area contributed by atoms with Crippen LogP contribution in [-0.4, -0.2) is 31.0 Å².